The first kappa shape index (κ1) is 15.2. The number of anilines is 1. The molecule has 5 nitrogen and oxygen atoms in total. The predicted octanol–water partition coefficient (Wildman–Crippen LogP) is 2.73. The van der Waals surface area contributed by atoms with Crippen LogP contribution < -0.4 is 5.32 Å². The van der Waals surface area contributed by atoms with Crippen LogP contribution in [-0.4, -0.2) is 28.0 Å². The van der Waals surface area contributed by atoms with Gasteiger partial charge in [-0.2, -0.15) is 0 Å². The zero-order chi connectivity index (χ0) is 16.7. The number of hydrogen-bond donors (Lipinski definition) is 2. The molecule has 1 atom stereocenters. The van der Waals surface area contributed by atoms with Gasteiger partial charge in [-0.25, -0.2) is 0 Å². The maximum absolute atomic E-state index is 12.6. The molecular formula is C17H12ClNO4. The Labute approximate surface area is 136 Å². The van der Waals surface area contributed by atoms with Gasteiger partial charge in [-0.3, -0.25) is 14.4 Å². The van der Waals surface area contributed by atoms with E-state index in [-0.39, 0.29) is 34.1 Å². The highest BCUT2D eigenvalue weighted by Gasteiger charge is 2.30. The molecule has 0 bridgehead atoms. The number of hydrogen-bond acceptors (Lipinski definition) is 4. The third-order valence-electron chi connectivity index (χ3n) is 3.66. The largest absolute Gasteiger partial charge is 0.506 e. The van der Waals surface area contributed by atoms with Crippen molar-refractivity contribution in [3.63, 3.8) is 0 Å². The maximum Gasteiger partial charge on any atom is 0.242 e. The normalized spacial score (nSPS) is 14.0. The molecule has 0 heterocycles. The van der Waals surface area contributed by atoms with Gasteiger partial charge < -0.3 is 10.4 Å². The lowest BCUT2D eigenvalue weighted by Gasteiger charge is -2.19. The van der Waals surface area contributed by atoms with Gasteiger partial charge >= 0.3 is 0 Å². The van der Waals surface area contributed by atoms with Crippen molar-refractivity contribution in [2.24, 2.45) is 0 Å². The minimum atomic E-state index is -0.802. The molecule has 0 spiro atoms. The van der Waals surface area contributed by atoms with Crippen molar-refractivity contribution in [2.45, 2.75) is 12.3 Å². The van der Waals surface area contributed by atoms with E-state index in [0.29, 0.717) is 11.1 Å². The molecule has 1 unspecified atom stereocenters. The number of fused-ring (bicyclic) bond motifs is 2. The number of ketones is 2. The van der Waals surface area contributed by atoms with Crippen LogP contribution in [0.3, 0.4) is 0 Å². The van der Waals surface area contributed by atoms with E-state index in [0.717, 1.165) is 0 Å². The van der Waals surface area contributed by atoms with Gasteiger partial charge in [0.2, 0.25) is 5.91 Å². The topological polar surface area (TPSA) is 83.5 Å². The van der Waals surface area contributed by atoms with E-state index < -0.39 is 11.3 Å². The number of halogens is 1. The molecule has 2 N–H and O–H groups in total. The van der Waals surface area contributed by atoms with Crippen LogP contribution in [-0.2, 0) is 4.79 Å². The lowest BCUT2D eigenvalue weighted by molar-refractivity contribution is -0.115. The van der Waals surface area contributed by atoms with Gasteiger partial charge in [0.05, 0.1) is 5.69 Å². The predicted molar refractivity (Wildman–Crippen MR) is 85.4 cm³/mol. The summed E-state index contributed by atoms with van der Waals surface area (Å²) in [6.45, 7) is 1.48. The summed E-state index contributed by atoms with van der Waals surface area (Å²) in [6.07, 6.45) is 0. The molecule has 0 aliphatic heterocycles. The van der Waals surface area contributed by atoms with Crippen LogP contribution in [0.1, 0.15) is 38.8 Å². The van der Waals surface area contributed by atoms with E-state index in [1.165, 1.54) is 19.1 Å². The number of phenolic OH excluding ortho intramolecular Hbond substituents is 1. The Hall–Kier alpha value is -2.66. The molecule has 1 aliphatic carbocycles. The summed E-state index contributed by atoms with van der Waals surface area (Å²) in [5.74, 6) is -1.48. The highest BCUT2D eigenvalue weighted by molar-refractivity contribution is 6.32. The van der Waals surface area contributed by atoms with Gasteiger partial charge in [0, 0.05) is 22.3 Å². The third kappa shape index (κ3) is 2.49. The number of alkyl halides is 1. The molecule has 0 saturated carbocycles. The average Bonchev–Trinajstić information content (AvgIpc) is 2.53. The van der Waals surface area contributed by atoms with Gasteiger partial charge in [-0.1, -0.05) is 24.3 Å². The highest BCUT2D eigenvalue weighted by Crippen LogP contribution is 2.34. The van der Waals surface area contributed by atoms with Crippen LogP contribution in [0.5, 0.6) is 5.75 Å². The molecule has 0 radical (unpaired) electrons. The second-order valence-corrected chi connectivity index (χ2v) is 5.88. The second-order valence-electron chi connectivity index (χ2n) is 5.22. The third-order valence-corrected chi connectivity index (χ3v) is 3.86. The lowest BCUT2D eigenvalue weighted by Crippen LogP contribution is -2.23. The maximum atomic E-state index is 12.6. The molecule has 23 heavy (non-hydrogen) atoms. The smallest absolute Gasteiger partial charge is 0.242 e. The second kappa shape index (κ2) is 5.52. The van der Waals surface area contributed by atoms with Crippen LogP contribution in [0, 0.1) is 0 Å². The van der Waals surface area contributed by atoms with Crippen molar-refractivity contribution in [3.8, 4) is 5.75 Å². The summed E-state index contributed by atoms with van der Waals surface area (Å²) < 4.78 is 0. The molecule has 116 valence electrons. The Morgan fingerprint density at radius 1 is 1.04 bits per heavy atom. The minimum Gasteiger partial charge on any atom is -0.506 e. The van der Waals surface area contributed by atoms with Crippen molar-refractivity contribution >= 4 is 34.8 Å². The molecule has 1 amide bonds. The van der Waals surface area contributed by atoms with Crippen LogP contribution in [0.2, 0.25) is 0 Å². The van der Waals surface area contributed by atoms with E-state index in [9.17, 15) is 19.5 Å². The fraction of sp³-hybridized carbons (Fsp3) is 0.118. The first-order valence-electron chi connectivity index (χ1n) is 6.90. The van der Waals surface area contributed by atoms with E-state index in [4.69, 9.17) is 11.6 Å². The summed E-state index contributed by atoms with van der Waals surface area (Å²) in [5.41, 5.74) is 0.906. The fourth-order valence-electron chi connectivity index (χ4n) is 2.47. The van der Waals surface area contributed by atoms with Crippen LogP contribution >= 0.6 is 11.6 Å². The summed E-state index contributed by atoms with van der Waals surface area (Å²) in [5, 5.41) is 11.7. The van der Waals surface area contributed by atoms with Gasteiger partial charge in [-0.05, 0) is 19.1 Å². The Morgan fingerprint density at radius 2 is 1.57 bits per heavy atom. The van der Waals surface area contributed by atoms with Crippen LogP contribution in [0.25, 0.3) is 0 Å². The monoisotopic (exact) mass is 329 g/mol. The van der Waals surface area contributed by atoms with Gasteiger partial charge in [0.1, 0.15) is 11.1 Å². The molecular weight excluding hydrogens is 318 g/mol. The molecule has 0 saturated heterocycles. The zero-order valence-corrected chi connectivity index (χ0v) is 12.8. The number of benzene rings is 2. The first-order valence-corrected chi connectivity index (χ1v) is 7.34. The Morgan fingerprint density at radius 3 is 2.09 bits per heavy atom. The van der Waals surface area contributed by atoms with Crippen LogP contribution in [0.15, 0.2) is 36.4 Å². The molecule has 3 rings (SSSR count). The van der Waals surface area contributed by atoms with Gasteiger partial charge in [0.15, 0.2) is 11.6 Å². The van der Waals surface area contributed by atoms with Crippen molar-refractivity contribution in [3.05, 3.63) is 58.7 Å². The minimum absolute atomic E-state index is 0.0433. The number of amides is 1. The van der Waals surface area contributed by atoms with E-state index in [2.05, 4.69) is 5.32 Å². The van der Waals surface area contributed by atoms with Gasteiger partial charge in [-0.15, -0.1) is 11.6 Å². The number of carbonyl (C=O) groups is 3. The molecule has 0 aromatic heterocycles. The number of rotatable bonds is 2. The SMILES string of the molecule is CC(Cl)C(=O)Nc1cc2c(cc1O)C(=O)c1ccccc1C2=O. The molecule has 2 aromatic rings. The summed E-state index contributed by atoms with van der Waals surface area (Å²) >= 11 is 5.68. The summed E-state index contributed by atoms with van der Waals surface area (Å²) in [6, 6.07) is 8.99. The van der Waals surface area contributed by atoms with E-state index in [1.807, 2.05) is 0 Å². The van der Waals surface area contributed by atoms with Crippen LogP contribution in [0.4, 0.5) is 5.69 Å². The average molecular weight is 330 g/mol. The van der Waals surface area contributed by atoms with Crippen molar-refractivity contribution in [1.82, 2.24) is 0 Å². The molecule has 1 aliphatic rings. The molecule has 2 aromatic carbocycles. The zero-order valence-electron chi connectivity index (χ0n) is 12.1. The number of carbonyl (C=O) groups excluding carboxylic acids is 3. The van der Waals surface area contributed by atoms with E-state index >= 15 is 0 Å². The highest BCUT2D eigenvalue weighted by atomic mass is 35.5. The Kier molecular flexibility index (Phi) is 3.66. The standard InChI is InChI=1S/C17H12ClNO4/c1-8(18)17(23)19-13-6-11-12(7-14(13)20)16(22)10-5-3-2-4-9(10)15(11)21/h2-8,20H,1H3,(H,19,23). The lowest BCUT2D eigenvalue weighted by atomic mass is 9.83. The molecule has 6 heteroatoms. The number of phenols is 1. The van der Waals surface area contributed by atoms with Gasteiger partial charge in [0.25, 0.3) is 0 Å². The Bertz CT molecular complexity index is 858. The van der Waals surface area contributed by atoms with E-state index in [1.54, 1.807) is 24.3 Å². The first-order chi connectivity index (χ1) is 10.9. The van der Waals surface area contributed by atoms with Crippen molar-refractivity contribution in [2.75, 3.05) is 5.32 Å². The summed E-state index contributed by atoms with van der Waals surface area (Å²) in [7, 11) is 0. The summed E-state index contributed by atoms with van der Waals surface area (Å²) in [4.78, 5) is 36.7. The van der Waals surface area contributed by atoms with Crippen molar-refractivity contribution in [1.29, 1.82) is 0 Å². The fourth-order valence-corrected chi connectivity index (χ4v) is 2.52. The number of aromatic hydroxyl groups is 1. The Balaban J connectivity index is 2.11. The van der Waals surface area contributed by atoms with Crippen molar-refractivity contribution < 1.29 is 19.5 Å². The number of nitrogens with one attached hydrogen (secondary N) is 1. The quantitative estimate of drug-likeness (QED) is 0.559. The molecule has 0 fully saturated rings.